The van der Waals surface area contributed by atoms with Crippen molar-refractivity contribution in [2.24, 2.45) is 0 Å². The van der Waals surface area contributed by atoms with Crippen molar-refractivity contribution in [3.63, 3.8) is 0 Å². The summed E-state index contributed by atoms with van der Waals surface area (Å²) in [4.78, 5) is 31.8. The minimum absolute atomic E-state index is 0.0563. The number of anilines is 1. The van der Waals surface area contributed by atoms with Crippen LogP contribution in [0.3, 0.4) is 0 Å². The Morgan fingerprint density at radius 1 is 1.11 bits per heavy atom. The Bertz CT molecular complexity index is 1900. The fourth-order valence-electron chi connectivity index (χ4n) is 7.59. The molecule has 4 heterocycles. The first-order chi connectivity index (χ1) is 22.3. The number of rotatable bonds is 7. The molecule has 1 atom stereocenters. The van der Waals surface area contributed by atoms with Crippen LogP contribution < -0.4 is 9.64 Å². The second-order valence-corrected chi connectivity index (χ2v) is 13.1. The highest BCUT2D eigenvalue weighted by Gasteiger charge is 2.45. The highest BCUT2D eigenvalue weighted by atomic mass is 35.5. The molecule has 7 rings (SSSR count). The highest BCUT2D eigenvalue weighted by Crippen LogP contribution is 2.43. The van der Waals surface area contributed by atoms with Gasteiger partial charge in [-0.15, -0.1) is 0 Å². The summed E-state index contributed by atoms with van der Waals surface area (Å²) in [6.07, 6.45) is 5.59. The molecular weight excluding hydrogens is 626 g/mol. The Hall–Kier alpha value is -3.97. The Morgan fingerprint density at radius 3 is 2.61 bits per heavy atom. The van der Waals surface area contributed by atoms with Gasteiger partial charge in [0.1, 0.15) is 24.0 Å². The van der Waals surface area contributed by atoms with Gasteiger partial charge in [-0.2, -0.15) is 9.97 Å². The fraction of sp³-hybridized carbons (Fsp3) is 0.371. The molecule has 3 saturated heterocycles. The van der Waals surface area contributed by atoms with E-state index in [9.17, 15) is 4.79 Å². The third kappa shape index (κ3) is 5.23. The Morgan fingerprint density at radius 2 is 1.87 bits per heavy atom. The maximum absolute atomic E-state index is 17.0. The third-order valence-electron chi connectivity index (χ3n) is 9.79. The smallest absolute Gasteiger partial charge is 0.319 e. The molecule has 3 aromatic carbocycles. The number of hydrogen-bond acceptors (Lipinski definition) is 6. The lowest BCUT2D eigenvalue weighted by molar-refractivity contribution is -0.128. The van der Waals surface area contributed by atoms with E-state index >= 15 is 4.39 Å². The molecule has 0 unspecified atom stereocenters. The molecule has 8 nitrogen and oxygen atoms in total. The van der Waals surface area contributed by atoms with Crippen LogP contribution in [0.15, 0.2) is 55.1 Å². The standard InChI is InChI=1S/C35H33Cl2FN6O2/c1-3-28(45)44-17-16-42(20-23(44)19-39-2)33-25-18-27(37)30(24-10-4-8-22-9-5-11-26(36)29(22)24)31(38)32(25)40-34(41-33)46-21-35-12-6-14-43(35)15-7-13-35/h3-5,8-11,18,23H,1,6-7,12-17,19-21H2/t23-/m0/s1. The minimum Gasteiger partial charge on any atom is -0.461 e. The molecule has 0 N–H and O–H groups in total. The van der Waals surface area contributed by atoms with Crippen molar-refractivity contribution >= 4 is 56.6 Å². The van der Waals surface area contributed by atoms with Gasteiger partial charge in [0.15, 0.2) is 5.82 Å². The van der Waals surface area contributed by atoms with Gasteiger partial charge >= 0.3 is 6.01 Å². The van der Waals surface area contributed by atoms with Crippen molar-refractivity contribution in [1.82, 2.24) is 19.8 Å². The molecule has 0 radical (unpaired) electrons. The molecule has 3 aliphatic heterocycles. The molecule has 0 bridgehead atoms. The molecule has 0 aliphatic carbocycles. The van der Waals surface area contributed by atoms with Crippen LogP contribution in [0.5, 0.6) is 6.01 Å². The number of benzene rings is 3. The second-order valence-electron chi connectivity index (χ2n) is 12.3. The summed E-state index contributed by atoms with van der Waals surface area (Å²) >= 11 is 13.6. The van der Waals surface area contributed by atoms with Gasteiger partial charge in [0, 0.05) is 41.0 Å². The fourth-order valence-corrected chi connectivity index (χ4v) is 8.17. The van der Waals surface area contributed by atoms with Crippen molar-refractivity contribution in [2.45, 2.75) is 37.3 Å². The van der Waals surface area contributed by atoms with Crippen molar-refractivity contribution in [1.29, 1.82) is 0 Å². The van der Waals surface area contributed by atoms with Crippen LogP contribution in [0.4, 0.5) is 10.2 Å². The molecule has 46 heavy (non-hydrogen) atoms. The molecule has 0 saturated carbocycles. The molecular formula is C35H33Cl2FN6O2. The van der Waals surface area contributed by atoms with Crippen LogP contribution in [0.25, 0.3) is 37.6 Å². The molecule has 4 aromatic rings. The minimum atomic E-state index is -0.594. The van der Waals surface area contributed by atoms with Gasteiger partial charge in [0.25, 0.3) is 0 Å². The lowest BCUT2D eigenvalue weighted by atomic mass is 9.95. The van der Waals surface area contributed by atoms with Gasteiger partial charge in [-0.25, -0.2) is 11.0 Å². The number of halogens is 3. The van der Waals surface area contributed by atoms with Crippen LogP contribution in [-0.2, 0) is 4.79 Å². The third-order valence-corrected chi connectivity index (χ3v) is 10.4. The van der Waals surface area contributed by atoms with Crippen molar-refractivity contribution in [2.75, 3.05) is 50.8 Å². The van der Waals surface area contributed by atoms with E-state index in [0.29, 0.717) is 53.4 Å². The van der Waals surface area contributed by atoms with Gasteiger partial charge in [0.2, 0.25) is 12.5 Å². The van der Waals surface area contributed by atoms with E-state index in [1.165, 1.54) is 6.08 Å². The zero-order valence-electron chi connectivity index (χ0n) is 25.3. The van der Waals surface area contributed by atoms with E-state index in [1.807, 2.05) is 35.2 Å². The number of nitrogens with zero attached hydrogens (tertiary/aromatic N) is 6. The summed E-state index contributed by atoms with van der Waals surface area (Å²) in [6.45, 7) is 14.9. The number of carbonyl (C=O) groups excluding carboxylic acids is 1. The first-order valence-electron chi connectivity index (χ1n) is 15.6. The van der Waals surface area contributed by atoms with Crippen LogP contribution in [0, 0.1) is 12.4 Å². The first kappa shape index (κ1) is 30.7. The van der Waals surface area contributed by atoms with Crippen LogP contribution >= 0.6 is 23.2 Å². The predicted molar refractivity (Wildman–Crippen MR) is 180 cm³/mol. The number of amides is 1. The van der Waals surface area contributed by atoms with Crippen molar-refractivity contribution in [3.05, 3.63) is 82.4 Å². The Kier molecular flexibility index (Phi) is 8.22. The maximum atomic E-state index is 17.0. The number of ether oxygens (including phenoxy) is 1. The van der Waals surface area contributed by atoms with E-state index in [1.54, 1.807) is 17.0 Å². The van der Waals surface area contributed by atoms with Gasteiger partial charge in [-0.3, -0.25) is 9.69 Å². The second kappa shape index (κ2) is 12.3. The zero-order chi connectivity index (χ0) is 32.0. The first-order valence-corrected chi connectivity index (χ1v) is 16.4. The largest absolute Gasteiger partial charge is 0.461 e. The Balaban J connectivity index is 1.36. The molecule has 0 spiro atoms. The van der Waals surface area contributed by atoms with Gasteiger partial charge in [-0.05, 0) is 67.9 Å². The summed E-state index contributed by atoms with van der Waals surface area (Å²) < 4.78 is 23.3. The topological polar surface area (TPSA) is 66.2 Å². The van der Waals surface area contributed by atoms with E-state index in [4.69, 9.17) is 39.5 Å². The van der Waals surface area contributed by atoms with Crippen LogP contribution in [-0.4, -0.2) is 83.1 Å². The molecule has 1 amide bonds. The number of aromatic nitrogens is 2. The van der Waals surface area contributed by atoms with Crippen molar-refractivity contribution in [3.8, 4) is 17.1 Å². The van der Waals surface area contributed by atoms with E-state index < -0.39 is 11.9 Å². The van der Waals surface area contributed by atoms with E-state index in [0.717, 1.165) is 44.2 Å². The molecule has 3 aliphatic rings. The lowest BCUT2D eigenvalue weighted by Crippen LogP contribution is -2.56. The average Bonchev–Trinajstić information content (AvgIpc) is 3.64. The summed E-state index contributed by atoms with van der Waals surface area (Å²) in [5.74, 6) is -0.367. The predicted octanol–water partition coefficient (Wildman–Crippen LogP) is 7.03. The number of fused-ring (bicyclic) bond motifs is 3. The monoisotopic (exact) mass is 658 g/mol. The van der Waals surface area contributed by atoms with Crippen LogP contribution in [0.2, 0.25) is 10.0 Å². The number of piperazine rings is 1. The summed E-state index contributed by atoms with van der Waals surface area (Å²) in [6, 6.07) is 12.5. The van der Waals surface area contributed by atoms with E-state index in [2.05, 4.69) is 21.3 Å². The molecule has 11 heteroatoms. The number of hydrogen-bond donors (Lipinski definition) is 0. The SMILES string of the molecule is [C-]#[N+]C[C@H]1CN(c2nc(OCC34CCCN3CCC4)nc3c(F)c(-c4cccc5cccc(Cl)c45)c(Cl)cc23)CCN1C(=O)C=C. The average molecular weight is 660 g/mol. The number of carbonyl (C=O) groups is 1. The van der Waals surface area contributed by atoms with Crippen molar-refractivity contribution < 1.29 is 13.9 Å². The highest BCUT2D eigenvalue weighted by molar-refractivity contribution is 6.38. The Labute approximate surface area is 277 Å². The maximum Gasteiger partial charge on any atom is 0.319 e. The van der Waals surface area contributed by atoms with Gasteiger partial charge in [0.05, 0.1) is 10.6 Å². The summed E-state index contributed by atoms with van der Waals surface area (Å²) in [5.41, 5.74) is 0.795. The molecule has 1 aromatic heterocycles. The zero-order valence-corrected chi connectivity index (χ0v) is 26.8. The van der Waals surface area contributed by atoms with Gasteiger partial charge < -0.3 is 19.4 Å². The summed E-state index contributed by atoms with van der Waals surface area (Å²) in [7, 11) is 0. The summed E-state index contributed by atoms with van der Waals surface area (Å²) in [5, 5.41) is 2.68. The van der Waals surface area contributed by atoms with Gasteiger partial charge in [-0.1, -0.05) is 60.1 Å². The molecule has 236 valence electrons. The lowest BCUT2D eigenvalue weighted by Gasteiger charge is -2.39. The quantitative estimate of drug-likeness (QED) is 0.157. The van der Waals surface area contributed by atoms with E-state index in [-0.39, 0.29) is 40.1 Å². The normalized spacial score (nSPS) is 19.4. The molecule has 3 fully saturated rings. The van der Waals surface area contributed by atoms with Crippen LogP contribution in [0.1, 0.15) is 25.7 Å².